The Labute approximate surface area is 167 Å². The summed E-state index contributed by atoms with van der Waals surface area (Å²) in [6.45, 7) is 3.21. The zero-order chi connectivity index (χ0) is 19.3. The number of fused-ring (bicyclic) bond motifs is 1. The molecule has 0 unspecified atom stereocenters. The number of rotatable bonds is 5. The predicted molar refractivity (Wildman–Crippen MR) is 110 cm³/mol. The van der Waals surface area contributed by atoms with Crippen molar-refractivity contribution in [1.82, 2.24) is 9.78 Å². The highest BCUT2D eigenvalue weighted by Gasteiger charge is 2.13. The maximum atomic E-state index is 12.5. The minimum Gasteiger partial charge on any atom is -0.490 e. The number of hydrogen-bond acceptors (Lipinski definition) is 5. The van der Waals surface area contributed by atoms with Crippen LogP contribution in [0.3, 0.4) is 0 Å². The van der Waals surface area contributed by atoms with E-state index in [1.54, 1.807) is 4.68 Å². The minimum absolute atomic E-state index is 0.0887. The molecular weight excluding hydrogens is 374 g/mol. The largest absolute Gasteiger partial charge is 0.490 e. The van der Waals surface area contributed by atoms with Gasteiger partial charge < -0.3 is 14.8 Å². The van der Waals surface area contributed by atoms with Gasteiger partial charge in [0, 0.05) is 17.4 Å². The van der Waals surface area contributed by atoms with Crippen LogP contribution in [0.25, 0.3) is 5.69 Å². The second-order valence-corrected chi connectivity index (χ2v) is 7.46. The number of ether oxygens (including phenoxy) is 2. The highest BCUT2D eigenvalue weighted by molar-refractivity contribution is 8.00. The molecule has 3 aromatic rings. The summed E-state index contributed by atoms with van der Waals surface area (Å²) in [6.07, 6.45) is 0.869. The molecule has 1 amide bonds. The van der Waals surface area contributed by atoms with Gasteiger partial charge in [0.25, 0.3) is 0 Å². The molecule has 0 atom stereocenters. The van der Waals surface area contributed by atoms with Gasteiger partial charge in [0.15, 0.2) is 11.5 Å². The molecule has 0 bridgehead atoms. The monoisotopic (exact) mass is 395 g/mol. The number of aromatic nitrogens is 2. The van der Waals surface area contributed by atoms with E-state index in [4.69, 9.17) is 9.47 Å². The van der Waals surface area contributed by atoms with Crippen molar-refractivity contribution in [2.24, 2.45) is 0 Å². The van der Waals surface area contributed by atoms with E-state index in [2.05, 4.69) is 10.4 Å². The summed E-state index contributed by atoms with van der Waals surface area (Å²) in [5, 5.41) is 7.43. The van der Waals surface area contributed by atoms with E-state index in [9.17, 15) is 4.79 Å². The molecule has 0 spiro atoms. The van der Waals surface area contributed by atoms with E-state index in [-0.39, 0.29) is 5.91 Å². The van der Waals surface area contributed by atoms with Crippen LogP contribution in [0.4, 0.5) is 5.82 Å². The van der Waals surface area contributed by atoms with Gasteiger partial charge in [-0.3, -0.25) is 4.79 Å². The van der Waals surface area contributed by atoms with Gasteiger partial charge in [-0.05, 0) is 37.3 Å². The van der Waals surface area contributed by atoms with Gasteiger partial charge in [-0.1, -0.05) is 18.2 Å². The molecule has 0 radical (unpaired) electrons. The van der Waals surface area contributed by atoms with Gasteiger partial charge in [0.1, 0.15) is 5.82 Å². The number of thioether (sulfide) groups is 1. The summed E-state index contributed by atoms with van der Waals surface area (Å²) in [6, 6.07) is 17.4. The molecule has 1 N–H and O–H groups in total. The molecule has 2 heterocycles. The number of para-hydroxylation sites is 1. The number of benzene rings is 2. The van der Waals surface area contributed by atoms with Crippen LogP contribution in [-0.4, -0.2) is 34.7 Å². The number of aryl methyl sites for hydroxylation is 1. The average Bonchev–Trinajstić information content (AvgIpc) is 2.92. The first kappa shape index (κ1) is 18.4. The van der Waals surface area contributed by atoms with E-state index in [1.165, 1.54) is 11.8 Å². The Bertz CT molecular complexity index is 972. The Balaban J connectivity index is 1.41. The van der Waals surface area contributed by atoms with Crippen molar-refractivity contribution >= 4 is 23.5 Å². The maximum absolute atomic E-state index is 12.5. The lowest BCUT2D eigenvalue weighted by Gasteiger charge is -2.10. The molecule has 0 saturated heterocycles. The number of nitrogens with one attached hydrogen (secondary N) is 1. The molecule has 0 fully saturated rings. The minimum atomic E-state index is -0.0887. The van der Waals surface area contributed by atoms with Crippen LogP contribution in [0.15, 0.2) is 59.5 Å². The van der Waals surface area contributed by atoms with Crippen LogP contribution in [0.2, 0.25) is 0 Å². The van der Waals surface area contributed by atoms with E-state index in [1.807, 2.05) is 61.5 Å². The number of nitrogens with zero attached hydrogens (tertiary/aromatic N) is 2. The standard InChI is InChI=1S/C21H21N3O3S/c1-15-12-20(24(23-15)16-6-3-2-4-7-16)22-21(25)14-28-17-8-9-18-19(13-17)27-11-5-10-26-18/h2-4,6-9,12-13H,5,10-11,14H2,1H3,(H,22,25). The molecule has 1 aliphatic heterocycles. The molecule has 28 heavy (non-hydrogen) atoms. The van der Waals surface area contributed by atoms with Crippen LogP contribution in [0.5, 0.6) is 11.5 Å². The third-order valence-corrected chi connectivity index (χ3v) is 5.18. The quantitative estimate of drug-likeness (QED) is 0.660. The highest BCUT2D eigenvalue weighted by atomic mass is 32.2. The lowest BCUT2D eigenvalue weighted by molar-refractivity contribution is -0.113. The van der Waals surface area contributed by atoms with Gasteiger partial charge in [0.2, 0.25) is 5.91 Å². The van der Waals surface area contributed by atoms with E-state index in [0.717, 1.165) is 34.2 Å². The fourth-order valence-corrected chi connectivity index (χ4v) is 3.64. The van der Waals surface area contributed by atoms with Crippen molar-refractivity contribution in [3.63, 3.8) is 0 Å². The van der Waals surface area contributed by atoms with E-state index in [0.29, 0.717) is 24.8 Å². The van der Waals surface area contributed by atoms with Crippen molar-refractivity contribution < 1.29 is 14.3 Å². The Morgan fingerprint density at radius 1 is 1.11 bits per heavy atom. The first-order chi connectivity index (χ1) is 13.7. The van der Waals surface area contributed by atoms with Crippen LogP contribution in [0.1, 0.15) is 12.1 Å². The van der Waals surface area contributed by atoms with E-state index >= 15 is 0 Å². The Morgan fingerprint density at radius 2 is 1.89 bits per heavy atom. The summed E-state index contributed by atoms with van der Waals surface area (Å²) in [5.74, 6) is 2.36. The third-order valence-electron chi connectivity index (χ3n) is 4.19. The van der Waals surface area contributed by atoms with Gasteiger partial charge in [0.05, 0.1) is 30.3 Å². The van der Waals surface area contributed by atoms with Crippen molar-refractivity contribution in [2.75, 3.05) is 24.3 Å². The molecule has 7 heteroatoms. The number of amides is 1. The molecular formula is C21H21N3O3S. The van der Waals surface area contributed by atoms with Crippen LogP contribution < -0.4 is 14.8 Å². The topological polar surface area (TPSA) is 65.4 Å². The molecule has 1 aromatic heterocycles. The van der Waals surface area contributed by atoms with Gasteiger partial charge in [-0.25, -0.2) is 4.68 Å². The first-order valence-electron chi connectivity index (χ1n) is 9.13. The highest BCUT2D eigenvalue weighted by Crippen LogP contribution is 2.33. The fraction of sp³-hybridized carbons (Fsp3) is 0.238. The summed E-state index contributed by atoms with van der Waals surface area (Å²) < 4.78 is 13.1. The van der Waals surface area contributed by atoms with Crippen molar-refractivity contribution in [2.45, 2.75) is 18.2 Å². The predicted octanol–water partition coefficient (Wildman–Crippen LogP) is 4.07. The van der Waals surface area contributed by atoms with E-state index < -0.39 is 0 Å². The smallest absolute Gasteiger partial charge is 0.235 e. The molecule has 2 aromatic carbocycles. The molecule has 0 aliphatic carbocycles. The zero-order valence-corrected chi connectivity index (χ0v) is 16.4. The molecule has 6 nitrogen and oxygen atoms in total. The Kier molecular flexibility index (Phi) is 5.53. The fourth-order valence-electron chi connectivity index (χ4n) is 2.92. The second kappa shape index (κ2) is 8.39. The normalized spacial score (nSPS) is 13.0. The lowest BCUT2D eigenvalue weighted by atomic mass is 10.3. The number of hydrogen-bond donors (Lipinski definition) is 1. The third kappa shape index (κ3) is 4.31. The zero-order valence-electron chi connectivity index (χ0n) is 15.6. The summed E-state index contributed by atoms with van der Waals surface area (Å²) in [4.78, 5) is 13.5. The molecule has 4 rings (SSSR count). The SMILES string of the molecule is Cc1cc(NC(=O)CSc2ccc3c(c2)OCCCO3)n(-c2ccccc2)n1. The summed E-state index contributed by atoms with van der Waals surface area (Å²) in [5.41, 5.74) is 1.75. The van der Waals surface area contributed by atoms with Gasteiger partial charge in [-0.2, -0.15) is 5.10 Å². The van der Waals surface area contributed by atoms with Gasteiger partial charge >= 0.3 is 0 Å². The Hall–Kier alpha value is -2.93. The molecule has 0 saturated carbocycles. The molecule has 1 aliphatic rings. The summed E-state index contributed by atoms with van der Waals surface area (Å²) >= 11 is 1.46. The molecule has 144 valence electrons. The Morgan fingerprint density at radius 3 is 2.71 bits per heavy atom. The lowest BCUT2D eigenvalue weighted by Crippen LogP contribution is -2.16. The van der Waals surface area contributed by atoms with Crippen molar-refractivity contribution in [3.05, 3.63) is 60.3 Å². The average molecular weight is 395 g/mol. The summed E-state index contributed by atoms with van der Waals surface area (Å²) in [7, 11) is 0. The van der Waals surface area contributed by atoms with Crippen molar-refractivity contribution in [1.29, 1.82) is 0 Å². The number of carbonyl (C=O) groups is 1. The number of anilines is 1. The second-order valence-electron chi connectivity index (χ2n) is 6.41. The first-order valence-corrected chi connectivity index (χ1v) is 10.1. The number of carbonyl (C=O) groups excluding carboxylic acids is 1. The van der Waals surface area contributed by atoms with Gasteiger partial charge in [-0.15, -0.1) is 11.8 Å². The van der Waals surface area contributed by atoms with Crippen LogP contribution in [0, 0.1) is 6.92 Å². The van der Waals surface area contributed by atoms with Crippen molar-refractivity contribution in [3.8, 4) is 17.2 Å². The van der Waals surface area contributed by atoms with Crippen LogP contribution >= 0.6 is 11.8 Å². The van der Waals surface area contributed by atoms with Crippen LogP contribution in [-0.2, 0) is 4.79 Å². The maximum Gasteiger partial charge on any atom is 0.235 e.